The van der Waals surface area contributed by atoms with Crippen molar-refractivity contribution < 1.29 is 14.3 Å². The molecule has 1 unspecified atom stereocenters. The lowest BCUT2D eigenvalue weighted by Crippen LogP contribution is -2.25. The third-order valence-corrected chi connectivity index (χ3v) is 3.37. The van der Waals surface area contributed by atoms with E-state index in [-0.39, 0.29) is 18.5 Å². The summed E-state index contributed by atoms with van der Waals surface area (Å²) in [5.41, 5.74) is 1.04. The lowest BCUT2D eigenvalue weighted by Gasteiger charge is -2.11. The molecule has 2 aromatic rings. The maximum absolute atomic E-state index is 11.7. The first kappa shape index (κ1) is 13.8. The Morgan fingerprint density at radius 1 is 1.57 bits per heavy atom. The van der Waals surface area contributed by atoms with Gasteiger partial charge in [0, 0.05) is 11.4 Å². The number of halogens is 1. The van der Waals surface area contributed by atoms with Gasteiger partial charge in [-0.25, -0.2) is 9.48 Å². The SMILES string of the molecule is CCOC(=O)c1nnnn1CC1Cc2cc(Cl)ccc2O1. The Labute approximate surface area is 125 Å². The number of carbonyl (C=O) groups excluding carboxylic acids is 1. The maximum atomic E-state index is 11.7. The van der Waals surface area contributed by atoms with E-state index in [1.807, 2.05) is 12.1 Å². The molecule has 0 aliphatic carbocycles. The summed E-state index contributed by atoms with van der Waals surface area (Å²) in [5, 5.41) is 11.7. The summed E-state index contributed by atoms with van der Waals surface area (Å²) >= 11 is 5.96. The molecule has 21 heavy (non-hydrogen) atoms. The molecule has 2 heterocycles. The Bertz CT molecular complexity index is 673. The van der Waals surface area contributed by atoms with Gasteiger partial charge < -0.3 is 9.47 Å². The fraction of sp³-hybridized carbons (Fsp3) is 0.385. The Morgan fingerprint density at radius 2 is 2.43 bits per heavy atom. The van der Waals surface area contributed by atoms with E-state index >= 15 is 0 Å². The van der Waals surface area contributed by atoms with Crippen LogP contribution in [-0.4, -0.2) is 38.9 Å². The number of aromatic nitrogens is 4. The van der Waals surface area contributed by atoms with Crippen molar-refractivity contribution in [2.75, 3.05) is 6.61 Å². The predicted octanol–water partition coefficient (Wildman–Crippen LogP) is 1.51. The molecular weight excluding hydrogens is 296 g/mol. The molecule has 7 nitrogen and oxygen atoms in total. The van der Waals surface area contributed by atoms with Crippen molar-refractivity contribution in [2.45, 2.75) is 26.0 Å². The average molecular weight is 309 g/mol. The molecule has 1 aliphatic heterocycles. The van der Waals surface area contributed by atoms with Crippen LogP contribution < -0.4 is 4.74 Å². The third kappa shape index (κ3) is 2.82. The molecule has 3 rings (SSSR count). The number of ether oxygens (including phenoxy) is 2. The average Bonchev–Trinajstić information content (AvgIpc) is 3.05. The van der Waals surface area contributed by atoms with Gasteiger partial charge in [0.15, 0.2) is 0 Å². The number of hydrogen-bond acceptors (Lipinski definition) is 6. The van der Waals surface area contributed by atoms with Gasteiger partial charge in [-0.2, -0.15) is 0 Å². The number of hydrogen-bond donors (Lipinski definition) is 0. The van der Waals surface area contributed by atoms with Crippen molar-refractivity contribution in [1.29, 1.82) is 0 Å². The maximum Gasteiger partial charge on any atom is 0.378 e. The highest BCUT2D eigenvalue weighted by Crippen LogP contribution is 2.31. The highest BCUT2D eigenvalue weighted by atomic mass is 35.5. The molecule has 8 heteroatoms. The lowest BCUT2D eigenvalue weighted by molar-refractivity contribution is 0.0501. The van der Waals surface area contributed by atoms with E-state index in [1.165, 1.54) is 4.68 Å². The van der Waals surface area contributed by atoms with Gasteiger partial charge >= 0.3 is 5.97 Å². The minimum atomic E-state index is -0.541. The van der Waals surface area contributed by atoms with Crippen LogP contribution in [0, 0.1) is 0 Å². The Kier molecular flexibility index (Phi) is 3.74. The number of carbonyl (C=O) groups is 1. The van der Waals surface area contributed by atoms with Crippen LogP contribution in [0.2, 0.25) is 5.02 Å². The lowest BCUT2D eigenvalue weighted by atomic mass is 10.1. The molecule has 0 bridgehead atoms. The summed E-state index contributed by atoms with van der Waals surface area (Å²) in [4.78, 5) is 11.7. The van der Waals surface area contributed by atoms with Crippen LogP contribution >= 0.6 is 11.6 Å². The number of nitrogens with zero attached hydrogens (tertiary/aromatic N) is 4. The highest BCUT2D eigenvalue weighted by molar-refractivity contribution is 6.30. The van der Waals surface area contributed by atoms with Crippen molar-refractivity contribution in [3.63, 3.8) is 0 Å². The quantitative estimate of drug-likeness (QED) is 0.797. The molecule has 1 aromatic carbocycles. The van der Waals surface area contributed by atoms with Crippen LogP contribution in [0.5, 0.6) is 5.75 Å². The molecule has 1 aromatic heterocycles. The van der Waals surface area contributed by atoms with Crippen molar-refractivity contribution in [3.8, 4) is 5.75 Å². The van der Waals surface area contributed by atoms with E-state index in [4.69, 9.17) is 21.1 Å². The first-order valence-electron chi connectivity index (χ1n) is 6.55. The van der Waals surface area contributed by atoms with Gasteiger partial charge in [-0.05, 0) is 41.1 Å². The van der Waals surface area contributed by atoms with Crippen molar-refractivity contribution in [1.82, 2.24) is 20.2 Å². The topological polar surface area (TPSA) is 79.1 Å². The summed E-state index contributed by atoms with van der Waals surface area (Å²) in [6.45, 7) is 2.37. The zero-order valence-electron chi connectivity index (χ0n) is 11.3. The zero-order valence-corrected chi connectivity index (χ0v) is 12.1. The molecule has 0 saturated heterocycles. The number of benzene rings is 1. The van der Waals surface area contributed by atoms with Crippen molar-refractivity contribution in [2.24, 2.45) is 0 Å². The van der Waals surface area contributed by atoms with Crippen molar-refractivity contribution >= 4 is 17.6 Å². The van der Waals surface area contributed by atoms with Gasteiger partial charge in [0.1, 0.15) is 11.9 Å². The highest BCUT2D eigenvalue weighted by Gasteiger charge is 2.26. The molecule has 1 atom stereocenters. The fourth-order valence-electron chi connectivity index (χ4n) is 2.25. The molecule has 0 radical (unpaired) electrons. The van der Waals surface area contributed by atoms with Crippen LogP contribution in [0.3, 0.4) is 0 Å². The van der Waals surface area contributed by atoms with Gasteiger partial charge in [0.25, 0.3) is 5.82 Å². The number of fused-ring (bicyclic) bond motifs is 1. The van der Waals surface area contributed by atoms with Gasteiger partial charge in [-0.1, -0.05) is 11.6 Å². The molecule has 0 N–H and O–H groups in total. The summed E-state index contributed by atoms with van der Waals surface area (Å²) in [6, 6.07) is 5.50. The van der Waals surface area contributed by atoms with E-state index in [2.05, 4.69) is 15.5 Å². The Balaban J connectivity index is 1.72. The van der Waals surface area contributed by atoms with E-state index in [0.29, 0.717) is 18.0 Å². The van der Waals surface area contributed by atoms with Crippen LogP contribution in [0.1, 0.15) is 23.1 Å². The van der Waals surface area contributed by atoms with Crippen LogP contribution in [0.15, 0.2) is 18.2 Å². The predicted molar refractivity (Wildman–Crippen MR) is 73.3 cm³/mol. The summed E-state index contributed by atoms with van der Waals surface area (Å²) < 4.78 is 12.1. The van der Waals surface area contributed by atoms with E-state index in [0.717, 1.165) is 11.3 Å². The van der Waals surface area contributed by atoms with Crippen molar-refractivity contribution in [3.05, 3.63) is 34.6 Å². The molecule has 0 amide bonds. The monoisotopic (exact) mass is 308 g/mol. The molecule has 1 aliphatic rings. The van der Waals surface area contributed by atoms with E-state index in [9.17, 15) is 4.79 Å². The molecular formula is C13H13ClN4O3. The van der Waals surface area contributed by atoms with Gasteiger partial charge in [0.05, 0.1) is 13.2 Å². The minimum Gasteiger partial charge on any atom is -0.488 e. The summed E-state index contributed by atoms with van der Waals surface area (Å²) in [7, 11) is 0. The third-order valence-electron chi connectivity index (χ3n) is 3.13. The first-order valence-corrected chi connectivity index (χ1v) is 6.93. The van der Waals surface area contributed by atoms with E-state index in [1.54, 1.807) is 13.0 Å². The summed E-state index contributed by atoms with van der Waals surface area (Å²) in [5.74, 6) is 0.339. The second-order valence-corrected chi connectivity index (χ2v) is 5.04. The largest absolute Gasteiger partial charge is 0.488 e. The van der Waals surface area contributed by atoms with Gasteiger partial charge in [-0.3, -0.25) is 0 Å². The van der Waals surface area contributed by atoms with E-state index < -0.39 is 5.97 Å². The smallest absolute Gasteiger partial charge is 0.378 e. The van der Waals surface area contributed by atoms with Gasteiger partial charge in [-0.15, -0.1) is 5.10 Å². The second kappa shape index (κ2) is 5.69. The Morgan fingerprint density at radius 3 is 3.24 bits per heavy atom. The number of esters is 1. The molecule has 0 spiro atoms. The number of tetrazole rings is 1. The molecule has 110 valence electrons. The standard InChI is InChI=1S/C13H13ClN4O3/c1-2-20-13(19)12-15-16-17-18(12)7-10-6-8-5-9(14)3-4-11(8)21-10/h3-5,10H,2,6-7H2,1H3. The summed E-state index contributed by atoms with van der Waals surface area (Å²) in [6.07, 6.45) is 0.549. The minimum absolute atomic E-state index is 0.0782. The Hall–Kier alpha value is -2.15. The second-order valence-electron chi connectivity index (χ2n) is 4.60. The molecule has 0 saturated carbocycles. The van der Waals surface area contributed by atoms with Crippen LogP contribution in [0.4, 0.5) is 0 Å². The molecule has 0 fully saturated rings. The van der Waals surface area contributed by atoms with Crippen LogP contribution in [0.25, 0.3) is 0 Å². The normalized spacial score (nSPS) is 16.4. The fourth-order valence-corrected chi connectivity index (χ4v) is 2.45. The first-order chi connectivity index (χ1) is 10.2. The van der Waals surface area contributed by atoms with Crippen LogP contribution in [-0.2, 0) is 17.7 Å². The zero-order chi connectivity index (χ0) is 14.8. The number of rotatable bonds is 4. The van der Waals surface area contributed by atoms with Gasteiger partial charge in [0.2, 0.25) is 0 Å².